The van der Waals surface area contributed by atoms with Crippen molar-refractivity contribution in [1.82, 2.24) is 15.5 Å². The number of hydrogen-bond acceptors (Lipinski definition) is 4. The zero-order chi connectivity index (χ0) is 17.2. The van der Waals surface area contributed by atoms with E-state index >= 15 is 0 Å². The van der Waals surface area contributed by atoms with Gasteiger partial charge in [0.2, 0.25) is 5.82 Å². The van der Waals surface area contributed by atoms with Gasteiger partial charge in [-0.15, -0.1) is 0 Å². The molecular formula is C19H19N3O2. The third kappa shape index (κ3) is 3.68. The fraction of sp³-hybridized carbons (Fsp3) is 0.211. The molecule has 0 aliphatic rings. The van der Waals surface area contributed by atoms with Gasteiger partial charge in [0, 0.05) is 22.2 Å². The second-order valence-electron chi connectivity index (χ2n) is 6.57. The number of benzene rings is 2. The summed E-state index contributed by atoms with van der Waals surface area (Å²) < 4.78 is 5.32. The summed E-state index contributed by atoms with van der Waals surface area (Å²) in [6.45, 7) is 5.84. The molecule has 5 nitrogen and oxygen atoms in total. The topological polar surface area (TPSA) is 68.0 Å². The van der Waals surface area contributed by atoms with Gasteiger partial charge < -0.3 is 9.84 Å². The number of carbonyl (C=O) groups excluding carboxylic acids is 1. The Kier molecular flexibility index (Phi) is 4.16. The molecule has 5 heteroatoms. The van der Waals surface area contributed by atoms with Crippen molar-refractivity contribution in [1.29, 1.82) is 0 Å². The molecule has 0 aliphatic carbocycles. The molecule has 0 saturated heterocycles. The Morgan fingerprint density at radius 2 is 1.62 bits per heavy atom. The molecule has 0 aliphatic heterocycles. The minimum Gasteiger partial charge on any atom is -0.347 e. The second-order valence-corrected chi connectivity index (χ2v) is 6.57. The summed E-state index contributed by atoms with van der Waals surface area (Å²) in [5, 5.41) is 6.93. The zero-order valence-corrected chi connectivity index (χ0v) is 13.9. The molecule has 1 N–H and O–H groups in total. The number of carbonyl (C=O) groups is 1. The first-order chi connectivity index (χ1) is 11.4. The highest BCUT2D eigenvalue weighted by atomic mass is 16.5. The summed E-state index contributed by atoms with van der Waals surface area (Å²) in [7, 11) is 0. The molecule has 0 atom stereocenters. The first-order valence-electron chi connectivity index (χ1n) is 7.74. The van der Waals surface area contributed by atoms with Crippen LogP contribution >= 0.6 is 0 Å². The van der Waals surface area contributed by atoms with Crippen LogP contribution in [-0.2, 0) is 0 Å². The van der Waals surface area contributed by atoms with E-state index in [0.29, 0.717) is 17.3 Å². The molecule has 0 fully saturated rings. The van der Waals surface area contributed by atoms with Gasteiger partial charge in [0.15, 0.2) is 0 Å². The van der Waals surface area contributed by atoms with Crippen LogP contribution in [0, 0.1) is 0 Å². The lowest BCUT2D eigenvalue weighted by Crippen LogP contribution is -2.40. The summed E-state index contributed by atoms with van der Waals surface area (Å²) in [5.41, 5.74) is 1.99. The molecule has 1 heterocycles. The highest BCUT2D eigenvalue weighted by molar-refractivity contribution is 5.95. The predicted octanol–water partition coefficient (Wildman–Crippen LogP) is 3.93. The molecule has 0 spiro atoms. The standard InChI is InChI=1S/C19H19N3O2/c1-19(2,3)21-17(23)14-9-11-15(12-10-14)18-20-16(22-24-18)13-7-5-4-6-8-13/h4-12H,1-3H3,(H,21,23). The third-order valence-electron chi connectivity index (χ3n) is 3.34. The van der Waals surface area contributed by atoms with Crippen LogP contribution < -0.4 is 5.32 Å². The van der Waals surface area contributed by atoms with Gasteiger partial charge in [0.05, 0.1) is 0 Å². The van der Waals surface area contributed by atoms with Gasteiger partial charge >= 0.3 is 0 Å². The Bertz CT molecular complexity index is 831. The van der Waals surface area contributed by atoms with Crippen molar-refractivity contribution in [3.8, 4) is 22.8 Å². The number of nitrogens with zero attached hydrogens (tertiary/aromatic N) is 2. The van der Waals surface area contributed by atoms with Crippen LogP contribution in [0.15, 0.2) is 59.1 Å². The van der Waals surface area contributed by atoms with E-state index in [-0.39, 0.29) is 11.4 Å². The Labute approximate surface area is 140 Å². The molecule has 0 saturated carbocycles. The van der Waals surface area contributed by atoms with Crippen molar-refractivity contribution in [2.24, 2.45) is 0 Å². The van der Waals surface area contributed by atoms with E-state index < -0.39 is 0 Å². The van der Waals surface area contributed by atoms with E-state index in [2.05, 4.69) is 15.5 Å². The van der Waals surface area contributed by atoms with E-state index in [1.54, 1.807) is 24.3 Å². The second kappa shape index (κ2) is 6.28. The quantitative estimate of drug-likeness (QED) is 0.793. The SMILES string of the molecule is CC(C)(C)NC(=O)c1ccc(-c2nc(-c3ccccc3)no2)cc1. The largest absolute Gasteiger partial charge is 0.347 e. The molecule has 0 bridgehead atoms. The molecule has 3 rings (SSSR count). The van der Waals surface area contributed by atoms with Crippen molar-refractivity contribution in [3.63, 3.8) is 0 Å². The van der Waals surface area contributed by atoms with Gasteiger partial charge in [0.1, 0.15) is 0 Å². The van der Waals surface area contributed by atoms with Crippen molar-refractivity contribution < 1.29 is 9.32 Å². The molecule has 1 amide bonds. The van der Waals surface area contributed by atoms with Gasteiger partial charge in [-0.3, -0.25) is 4.79 Å². The normalized spacial score (nSPS) is 11.3. The summed E-state index contributed by atoms with van der Waals surface area (Å²) in [6.07, 6.45) is 0. The summed E-state index contributed by atoms with van der Waals surface area (Å²) in [5.74, 6) is 0.862. The van der Waals surface area contributed by atoms with Crippen LogP contribution in [-0.4, -0.2) is 21.6 Å². The number of aromatic nitrogens is 2. The Morgan fingerprint density at radius 3 is 2.25 bits per heavy atom. The van der Waals surface area contributed by atoms with Gasteiger partial charge in [-0.05, 0) is 45.0 Å². The zero-order valence-electron chi connectivity index (χ0n) is 13.9. The minimum absolute atomic E-state index is 0.107. The van der Waals surface area contributed by atoms with Crippen molar-refractivity contribution in [2.75, 3.05) is 0 Å². The van der Waals surface area contributed by atoms with Crippen molar-refractivity contribution in [3.05, 3.63) is 60.2 Å². The molecule has 3 aromatic rings. The predicted molar refractivity (Wildman–Crippen MR) is 92.4 cm³/mol. The highest BCUT2D eigenvalue weighted by Gasteiger charge is 2.16. The summed E-state index contributed by atoms with van der Waals surface area (Å²) >= 11 is 0. The third-order valence-corrected chi connectivity index (χ3v) is 3.34. The molecule has 24 heavy (non-hydrogen) atoms. The molecule has 0 radical (unpaired) electrons. The van der Waals surface area contributed by atoms with Crippen LogP contribution in [0.3, 0.4) is 0 Å². The van der Waals surface area contributed by atoms with Crippen LogP contribution in [0.25, 0.3) is 22.8 Å². The smallest absolute Gasteiger partial charge is 0.258 e. The number of rotatable bonds is 3. The first-order valence-corrected chi connectivity index (χ1v) is 7.74. The van der Waals surface area contributed by atoms with E-state index in [4.69, 9.17) is 4.52 Å². The number of nitrogens with one attached hydrogen (secondary N) is 1. The Hall–Kier alpha value is -2.95. The van der Waals surface area contributed by atoms with Crippen LogP contribution in [0.5, 0.6) is 0 Å². The van der Waals surface area contributed by atoms with Crippen LogP contribution in [0.1, 0.15) is 31.1 Å². The molecule has 0 unspecified atom stereocenters. The Balaban J connectivity index is 1.79. The maximum Gasteiger partial charge on any atom is 0.258 e. The van der Waals surface area contributed by atoms with Gasteiger partial charge in [-0.25, -0.2) is 0 Å². The maximum atomic E-state index is 12.1. The number of amides is 1. The fourth-order valence-electron chi connectivity index (χ4n) is 2.22. The van der Waals surface area contributed by atoms with Crippen molar-refractivity contribution in [2.45, 2.75) is 26.3 Å². The average Bonchev–Trinajstić information content (AvgIpc) is 3.04. The van der Waals surface area contributed by atoms with Gasteiger partial charge in [-0.2, -0.15) is 4.98 Å². The first kappa shape index (κ1) is 15.9. The highest BCUT2D eigenvalue weighted by Crippen LogP contribution is 2.22. The Morgan fingerprint density at radius 1 is 0.958 bits per heavy atom. The monoisotopic (exact) mass is 321 g/mol. The molecule has 1 aromatic heterocycles. The van der Waals surface area contributed by atoms with E-state index in [1.165, 1.54) is 0 Å². The summed E-state index contributed by atoms with van der Waals surface area (Å²) in [6, 6.07) is 16.8. The lowest BCUT2D eigenvalue weighted by Gasteiger charge is -2.20. The van der Waals surface area contributed by atoms with Crippen molar-refractivity contribution >= 4 is 5.91 Å². The lowest BCUT2D eigenvalue weighted by atomic mass is 10.1. The van der Waals surface area contributed by atoms with Crippen LogP contribution in [0.4, 0.5) is 0 Å². The van der Waals surface area contributed by atoms with E-state index in [0.717, 1.165) is 11.1 Å². The average molecular weight is 321 g/mol. The fourth-order valence-corrected chi connectivity index (χ4v) is 2.22. The maximum absolute atomic E-state index is 12.1. The number of hydrogen-bond donors (Lipinski definition) is 1. The minimum atomic E-state index is -0.271. The van der Waals surface area contributed by atoms with E-state index in [1.807, 2.05) is 51.1 Å². The van der Waals surface area contributed by atoms with E-state index in [9.17, 15) is 4.79 Å². The van der Waals surface area contributed by atoms with Gasteiger partial charge in [-0.1, -0.05) is 35.5 Å². The van der Waals surface area contributed by atoms with Gasteiger partial charge in [0.25, 0.3) is 11.8 Å². The molecule has 122 valence electrons. The molecule has 2 aromatic carbocycles. The summed E-state index contributed by atoms with van der Waals surface area (Å²) in [4.78, 5) is 16.5. The lowest BCUT2D eigenvalue weighted by molar-refractivity contribution is 0.0919. The molecular weight excluding hydrogens is 302 g/mol. The van der Waals surface area contributed by atoms with Crippen LogP contribution in [0.2, 0.25) is 0 Å².